The van der Waals surface area contributed by atoms with Gasteiger partial charge in [-0.1, -0.05) is 0 Å². The molecule has 1 fully saturated rings. The second-order valence-corrected chi connectivity index (χ2v) is 3.75. The molecule has 0 aromatic carbocycles. The Labute approximate surface area is 98.6 Å². The van der Waals surface area contributed by atoms with E-state index >= 15 is 0 Å². The lowest BCUT2D eigenvalue weighted by molar-refractivity contribution is -0.105. The van der Waals surface area contributed by atoms with Crippen molar-refractivity contribution in [2.24, 2.45) is 7.05 Å². The second-order valence-electron chi connectivity index (χ2n) is 3.75. The maximum atomic E-state index is 10.4. The molecule has 0 unspecified atom stereocenters. The maximum Gasteiger partial charge on any atom is 0.257 e. The summed E-state index contributed by atoms with van der Waals surface area (Å²) >= 11 is 0. The fourth-order valence-corrected chi connectivity index (χ4v) is 1.71. The van der Waals surface area contributed by atoms with E-state index in [2.05, 4.69) is 10.4 Å². The average Bonchev–Trinajstić information content (AvgIpc) is 2.87. The van der Waals surface area contributed by atoms with Gasteiger partial charge in [0.1, 0.15) is 11.8 Å². The summed E-state index contributed by atoms with van der Waals surface area (Å²) < 4.78 is 17.7. The lowest BCUT2D eigenvalue weighted by Gasteiger charge is -2.16. The van der Waals surface area contributed by atoms with Crippen LogP contribution in [0.3, 0.4) is 0 Å². The van der Waals surface area contributed by atoms with Gasteiger partial charge >= 0.3 is 0 Å². The molecule has 1 aliphatic heterocycles. The summed E-state index contributed by atoms with van der Waals surface area (Å²) in [5.41, 5.74) is 0.532. The van der Waals surface area contributed by atoms with E-state index in [9.17, 15) is 4.79 Å². The van der Waals surface area contributed by atoms with Crippen molar-refractivity contribution in [2.45, 2.75) is 12.2 Å². The SMILES string of the molecule is CO[C@H]1COC[C@@H]1Oc1nn(C)cc1NC=O. The van der Waals surface area contributed by atoms with Crippen molar-refractivity contribution in [3.63, 3.8) is 0 Å². The predicted molar refractivity (Wildman–Crippen MR) is 58.9 cm³/mol. The summed E-state index contributed by atoms with van der Waals surface area (Å²) in [5.74, 6) is 0.372. The summed E-state index contributed by atoms with van der Waals surface area (Å²) in [6, 6.07) is 0. The summed E-state index contributed by atoms with van der Waals surface area (Å²) in [6.45, 7) is 0.958. The minimum absolute atomic E-state index is 0.110. The Morgan fingerprint density at radius 3 is 3.06 bits per heavy atom. The fraction of sp³-hybridized carbons (Fsp3) is 0.600. The molecule has 2 atom stereocenters. The van der Waals surface area contributed by atoms with Crippen LogP contribution in [0.2, 0.25) is 0 Å². The van der Waals surface area contributed by atoms with Crippen molar-refractivity contribution in [1.29, 1.82) is 0 Å². The van der Waals surface area contributed by atoms with Crippen LogP contribution < -0.4 is 10.1 Å². The summed E-state index contributed by atoms with van der Waals surface area (Å²) in [7, 11) is 3.36. The highest BCUT2D eigenvalue weighted by molar-refractivity contribution is 5.73. The van der Waals surface area contributed by atoms with Gasteiger partial charge in [0.2, 0.25) is 6.41 Å². The van der Waals surface area contributed by atoms with E-state index in [1.54, 1.807) is 25.0 Å². The molecular weight excluding hydrogens is 226 g/mol. The van der Waals surface area contributed by atoms with Crippen molar-refractivity contribution in [2.75, 3.05) is 25.6 Å². The molecule has 0 aliphatic carbocycles. The first-order valence-electron chi connectivity index (χ1n) is 5.25. The van der Waals surface area contributed by atoms with Crippen LogP contribution in [-0.4, -0.2) is 48.7 Å². The van der Waals surface area contributed by atoms with Gasteiger partial charge in [0.05, 0.1) is 19.4 Å². The Kier molecular flexibility index (Phi) is 3.60. The number of methoxy groups -OCH3 is 1. The van der Waals surface area contributed by atoms with Crippen molar-refractivity contribution in [3.05, 3.63) is 6.20 Å². The van der Waals surface area contributed by atoms with Crippen LogP contribution in [0.5, 0.6) is 5.88 Å². The zero-order chi connectivity index (χ0) is 12.3. The van der Waals surface area contributed by atoms with Crippen LogP contribution in [0.4, 0.5) is 5.69 Å². The third-order valence-corrected chi connectivity index (χ3v) is 2.55. The van der Waals surface area contributed by atoms with Crippen LogP contribution in [0.1, 0.15) is 0 Å². The second kappa shape index (κ2) is 5.15. The van der Waals surface area contributed by atoms with E-state index in [4.69, 9.17) is 14.2 Å². The highest BCUT2D eigenvalue weighted by atomic mass is 16.6. The molecule has 2 rings (SSSR count). The molecule has 0 spiro atoms. The number of hydrogen-bond donors (Lipinski definition) is 1. The molecule has 1 saturated heterocycles. The fourth-order valence-electron chi connectivity index (χ4n) is 1.71. The molecule has 7 heteroatoms. The quantitative estimate of drug-likeness (QED) is 0.721. The van der Waals surface area contributed by atoms with Crippen molar-refractivity contribution < 1.29 is 19.0 Å². The molecule has 0 radical (unpaired) electrons. The van der Waals surface area contributed by atoms with Crippen molar-refractivity contribution >= 4 is 12.1 Å². The van der Waals surface area contributed by atoms with Gasteiger partial charge in [-0.15, -0.1) is 5.10 Å². The van der Waals surface area contributed by atoms with E-state index in [0.29, 0.717) is 31.2 Å². The monoisotopic (exact) mass is 241 g/mol. The highest BCUT2D eigenvalue weighted by Crippen LogP contribution is 2.24. The molecule has 1 aliphatic rings. The molecule has 0 saturated carbocycles. The molecule has 0 bridgehead atoms. The first kappa shape index (κ1) is 11.9. The third kappa shape index (κ3) is 2.56. The number of aromatic nitrogens is 2. The number of carbonyl (C=O) groups is 1. The number of aryl methyl sites for hydroxylation is 1. The topological polar surface area (TPSA) is 74.6 Å². The van der Waals surface area contributed by atoms with Gasteiger partial charge in [-0.3, -0.25) is 9.48 Å². The van der Waals surface area contributed by atoms with Gasteiger partial charge in [-0.25, -0.2) is 0 Å². The van der Waals surface area contributed by atoms with Crippen LogP contribution >= 0.6 is 0 Å². The van der Waals surface area contributed by atoms with Gasteiger partial charge in [0, 0.05) is 14.2 Å². The van der Waals surface area contributed by atoms with Gasteiger partial charge in [-0.05, 0) is 0 Å². The van der Waals surface area contributed by atoms with Crippen LogP contribution in [0, 0.1) is 0 Å². The summed E-state index contributed by atoms with van der Waals surface area (Å²) in [5, 5.41) is 6.66. The maximum absolute atomic E-state index is 10.4. The number of anilines is 1. The molecule has 7 nitrogen and oxygen atoms in total. The van der Waals surface area contributed by atoms with Crippen molar-refractivity contribution in [1.82, 2.24) is 9.78 Å². The number of amides is 1. The largest absolute Gasteiger partial charge is 0.466 e. The van der Waals surface area contributed by atoms with Gasteiger partial charge < -0.3 is 19.5 Å². The number of nitrogens with zero attached hydrogens (tertiary/aromatic N) is 2. The standard InChI is InChI=1S/C10H15N3O4/c1-13-3-7(11-6-14)10(12-13)17-9-5-16-4-8(9)15-2/h3,6,8-9H,4-5H2,1-2H3,(H,11,14)/t8-,9-/m0/s1. The number of carbonyl (C=O) groups excluding carboxylic acids is 1. The Morgan fingerprint density at radius 2 is 2.35 bits per heavy atom. The zero-order valence-corrected chi connectivity index (χ0v) is 9.75. The van der Waals surface area contributed by atoms with E-state index < -0.39 is 0 Å². The van der Waals surface area contributed by atoms with E-state index in [-0.39, 0.29) is 12.2 Å². The van der Waals surface area contributed by atoms with E-state index in [1.165, 1.54) is 0 Å². The van der Waals surface area contributed by atoms with E-state index in [0.717, 1.165) is 0 Å². The molecule has 2 heterocycles. The molecule has 1 aromatic heterocycles. The van der Waals surface area contributed by atoms with E-state index in [1.807, 2.05) is 0 Å². The van der Waals surface area contributed by atoms with Gasteiger partial charge in [-0.2, -0.15) is 0 Å². The third-order valence-electron chi connectivity index (χ3n) is 2.55. The Bertz CT molecular complexity index is 393. The van der Waals surface area contributed by atoms with Gasteiger partial charge in [0.15, 0.2) is 6.10 Å². The molecule has 1 amide bonds. The zero-order valence-electron chi connectivity index (χ0n) is 9.75. The smallest absolute Gasteiger partial charge is 0.257 e. The lowest BCUT2D eigenvalue weighted by atomic mass is 10.2. The average molecular weight is 241 g/mol. The Hall–Kier alpha value is -1.60. The normalized spacial score (nSPS) is 23.6. The minimum Gasteiger partial charge on any atom is -0.466 e. The molecular formula is C10H15N3O4. The molecule has 1 aromatic rings. The number of ether oxygens (including phenoxy) is 3. The van der Waals surface area contributed by atoms with Gasteiger partial charge in [0.25, 0.3) is 5.88 Å². The highest BCUT2D eigenvalue weighted by Gasteiger charge is 2.31. The lowest BCUT2D eigenvalue weighted by Crippen LogP contribution is -2.31. The van der Waals surface area contributed by atoms with Crippen molar-refractivity contribution in [3.8, 4) is 5.88 Å². The predicted octanol–water partition coefficient (Wildman–Crippen LogP) is -0.219. The first-order chi connectivity index (χ1) is 8.24. The Morgan fingerprint density at radius 1 is 1.59 bits per heavy atom. The van der Waals surface area contributed by atoms with Crippen LogP contribution in [-0.2, 0) is 21.3 Å². The Balaban J connectivity index is 2.09. The summed E-state index contributed by atoms with van der Waals surface area (Å²) in [6.07, 6.45) is 1.94. The number of nitrogens with one attached hydrogen (secondary N) is 1. The molecule has 1 N–H and O–H groups in total. The molecule has 17 heavy (non-hydrogen) atoms. The first-order valence-corrected chi connectivity index (χ1v) is 5.25. The van der Waals surface area contributed by atoms with Crippen LogP contribution in [0.25, 0.3) is 0 Å². The van der Waals surface area contributed by atoms with Crippen LogP contribution in [0.15, 0.2) is 6.20 Å². The minimum atomic E-state index is -0.206. The molecule has 94 valence electrons. The summed E-state index contributed by atoms with van der Waals surface area (Å²) in [4.78, 5) is 10.4. The number of rotatable bonds is 5. The number of hydrogen-bond acceptors (Lipinski definition) is 5.